The lowest BCUT2D eigenvalue weighted by Crippen LogP contribution is -1.98. The normalized spacial score (nSPS) is 9.92. The van der Waals surface area contributed by atoms with Crippen molar-refractivity contribution in [2.45, 2.75) is 27.3 Å². The number of aromatic nitrogens is 1. The molecular weight excluding hydrogens is 216 g/mol. The number of hydrogen-bond acceptors (Lipinski definition) is 1. The quantitative estimate of drug-likeness (QED) is 0.725. The van der Waals surface area contributed by atoms with Gasteiger partial charge < -0.3 is 4.57 Å². The van der Waals surface area contributed by atoms with Crippen LogP contribution >= 0.6 is 15.9 Å². The third kappa shape index (κ3) is 1.16. The van der Waals surface area contributed by atoms with E-state index in [4.69, 9.17) is 5.26 Å². The summed E-state index contributed by atoms with van der Waals surface area (Å²) in [6, 6.07) is 2.19. The van der Waals surface area contributed by atoms with Crippen molar-refractivity contribution < 1.29 is 0 Å². The zero-order chi connectivity index (χ0) is 9.30. The lowest BCUT2D eigenvalue weighted by atomic mass is 10.3. The van der Waals surface area contributed by atoms with E-state index >= 15 is 0 Å². The molecule has 0 aliphatic rings. The van der Waals surface area contributed by atoms with E-state index in [1.807, 2.05) is 13.8 Å². The summed E-state index contributed by atoms with van der Waals surface area (Å²) in [6.07, 6.45) is 0. The first kappa shape index (κ1) is 9.34. The Bertz CT molecular complexity index is 344. The molecule has 0 unspecified atom stereocenters. The molecule has 1 heterocycles. The van der Waals surface area contributed by atoms with Crippen molar-refractivity contribution in [3.05, 3.63) is 21.4 Å². The third-order valence-electron chi connectivity index (χ3n) is 2.14. The van der Waals surface area contributed by atoms with Crippen LogP contribution in [0.4, 0.5) is 0 Å². The van der Waals surface area contributed by atoms with Gasteiger partial charge in [0, 0.05) is 17.9 Å². The van der Waals surface area contributed by atoms with Crippen molar-refractivity contribution in [2.24, 2.45) is 0 Å². The summed E-state index contributed by atoms with van der Waals surface area (Å²) in [5, 5.41) is 8.84. The van der Waals surface area contributed by atoms with Crippen LogP contribution in [-0.4, -0.2) is 4.57 Å². The number of halogens is 1. The summed E-state index contributed by atoms with van der Waals surface area (Å²) >= 11 is 3.41. The Balaban J connectivity index is 3.45. The second-order valence-electron chi connectivity index (χ2n) is 2.72. The zero-order valence-corrected chi connectivity index (χ0v) is 9.07. The van der Waals surface area contributed by atoms with E-state index in [0.717, 1.165) is 28.0 Å². The molecule has 0 aliphatic carbocycles. The van der Waals surface area contributed by atoms with Crippen LogP contribution in [0.25, 0.3) is 0 Å². The fourth-order valence-electron chi connectivity index (χ4n) is 1.45. The van der Waals surface area contributed by atoms with E-state index < -0.39 is 0 Å². The maximum Gasteiger partial charge on any atom is 0.102 e. The Kier molecular flexibility index (Phi) is 2.58. The maximum atomic E-state index is 8.84. The van der Waals surface area contributed by atoms with Gasteiger partial charge in [0.1, 0.15) is 6.07 Å². The summed E-state index contributed by atoms with van der Waals surface area (Å²) in [5.74, 6) is 0. The molecule has 64 valence electrons. The van der Waals surface area contributed by atoms with Crippen LogP contribution in [0.2, 0.25) is 0 Å². The molecule has 3 heteroatoms. The minimum absolute atomic E-state index is 0.759. The van der Waals surface area contributed by atoms with E-state index in [1.54, 1.807) is 0 Å². The molecule has 0 saturated carbocycles. The highest BCUT2D eigenvalue weighted by Crippen LogP contribution is 2.26. The summed E-state index contributed by atoms with van der Waals surface area (Å²) < 4.78 is 3.06. The molecule has 0 bridgehead atoms. The fraction of sp³-hybridized carbons (Fsp3) is 0.444. The van der Waals surface area contributed by atoms with Gasteiger partial charge >= 0.3 is 0 Å². The van der Waals surface area contributed by atoms with Crippen LogP contribution in [-0.2, 0) is 6.54 Å². The number of rotatable bonds is 1. The van der Waals surface area contributed by atoms with E-state index in [0.29, 0.717) is 0 Å². The van der Waals surface area contributed by atoms with Crippen LogP contribution in [0.3, 0.4) is 0 Å². The van der Waals surface area contributed by atoms with Gasteiger partial charge in [-0.2, -0.15) is 5.26 Å². The number of nitrogens with zero attached hydrogens (tertiary/aromatic N) is 2. The number of nitriles is 1. The molecular formula is C9H11BrN2. The van der Waals surface area contributed by atoms with Crippen molar-refractivity contribution in [3.8, 4) is 6.07 Å². The van der Waals surface area contributed by atoms with Gasteiger partial charge in [0.2, 0.25) is 0 Å². The van der Waals surface area contributed by atoms with E-state index in [-0.39, 0.29) is 0 Å². The van der Waals surface area contributed by atoms with E-state index in [9.17, 15) is 0 Å². The Morgan fingerprint density at radius 2 is 2.00 bits per heavy atom. The van der Waals surface area contributed by atoms with Crippen LogP contribution in [0.1, 0.15) is 23.9 Å². The van der Waals surface area contributed by atoms with Gasteiger partial charge in [-0.05, 0) is 36.7 Å². The monoisotopic (exact) mass is 226 g/mol. The first-order valence-electron chi connectivity index (χ1n) is 3.88. The molecule has 0 amide bonds. The average Bonchev–Trinajstić information content (AvgIpc) is 2.25. The lowest BCUT2D eigenvalue weighted by molar-refractivity contribution is 0.717. The fourth-order valence-corrected chi connectivity index (χ4v) is 2.04. The van der Waals surface area contributed by atoms with Gasteiger partial charge in [0.05, 0.1) is 10.0 Å². The van der Waals surface area contributed by atoms with Crippen molar-refractivity contribution >= 4 is 15.9 Å². The molecule has 2 nitrogen and oxygen atoms in total. The molecule has 1 aromatic rings. The minimum atomic E-state index is 0.759. The number of hydrogen-bond donors (Lipinski definition) is 0. The second kappa shape index (κ2) is 3.32. The standard InChI is InChI=1S/C9H11BrN2/c1-4-12-6(2)8(5-11)9(10)7(12)3/h4H2,1-3H3. The summed E-state index contributed by atoms with van der Waals surface area (Å²) in [4.78, 5) is 0. The Hall–Kier alpha value is -0.750. The summed E-state index contributed by atoms with van der Waals surface area (Å²) in [6.45, 7) is 6.98. The van der Waals surface area contributed by atoms with E-state index in [1.165, 1.54) is 0 Å². The maximum absolute atomic E-state index is 8.84. The van der Waals surface area contributed by atoms with Crippen LogP contribution < -0.4 is 0 Å². The second-order valence-corrected chi connectivity index (χ2v) is 3.51. The molecule has 0 fully saturated rings. The third-order valence-corrected chi connectivity index (χ3v) is 3.11. The first-order chi connectivity index (χ1) is 5.63. The smallest absolute Gasteiger partial charge is 0.102 e. The average molecular weight is 227 g/mol. The zero-order valence-electron chi connectivity index (χ0n) is 7.48. The molecule has 1 aromatic heterocycles. The van der Waals surface area contributed by atoms with Gasteiger partial charge in [0.25, 0.3) is 0 Å². The van der Waals surface area contributed by atoms with Gasteiger partial charge in [0.15, 0.2) is 0 Å². The Morgan fingerprint density at radius 1 is 1.42 bits per heavy atom. The topological polar surface area (TPSA) is 28.7 Å². The Morgan fingerprint density at radius 3 is 2.25 bits per heavy atom. The highest BCUT2D eigenvalue weighted by Gasteiger charge is 2.13. The summed E-state index contributed by atoms with van der Waals surface area (Å²) in [5.41, 5.74) is 2.94. The van der Waals surface area contributed by atoms with Crippen molar-refractivity contribution in [3.63, 3.8) is 0 Å². The molecule has 12 heavy (non-hydrogen) atoms. The molecule has 0 spiro atoms. The Labute approximate surface area is 80.9 Å². The van der Waals surface area contributed by atoms with Crippen molar-refractivity contribution in [1.29, 1.82) is 5.26 Å². The largest absolute Gasteiger partial charge is 0.347 e. The van der Waals surface area contributed by atoms with Crippen molar-refractivity contribution in [1.82, 2.24) is 4.57 Å². The summed E-state index contributed by atoms with van der Waals surface area (Å²) in [7, 11) is 0. The molecule has 0 aliphatic heterocycles. The van der Waals surface area contributed by atoms with Gasteiger partial charge in [-0.1, -0.05) is 0 Å². The molecule has 0 N–H and O–H groups in total. The van der Waals surface area contributed by atoms with Gasteiger partial charge in [-0.15, -0.1) is 0 Å². The lowest BCUT2D eigenvalue weighted by Gasteiger charge is -2.03. The van der Waals surface area contributed by atoms with Crippen LogP contribution in [0, 0.1) is 25.2 Å². The minimum Gasteiger partial charge on any atom is -0.347 e. The predicted octanol–water partition coefficient (Wildman–Crippen LogP) is 2.76. The molecule has 0 radical (unpaired) electrons. The van der Waals surface area contributed by atoms with E-state index in [2.05, 4.69) is 33.5 Å². The first-order valence-corrected chi connectivity index (χ1v) is 4.68. The predicted molar refractivity (Wildman–Crippen MR) is 52.0 cm³/mol. The highest BCUT2D eigenvalue weighted by atomic mass is 79.9. The molecule has 0 aromatic carbocycles. The van der Waals surface area contributed by atoms with Gasteiger partial charge in [-0.25, -0.2) is 0 Å². The van der Waals surface area contributed by atoms with Crippen molar-refractivity contribution in [2.75, 3.05) is 0 Å². The molecule has 0 atom stereocenters. The molecule has 1 rings (SSSR count). The SMILES string of the molecule is CCn1c(C)c(Br)c(C#N)c1C. The highest BCUT2D eigenvalue weighted by molar-refractivity contribution is 9.10. The van der Waals surface area contributed by atoms with Crippen LogP contribution in [0.5, 0.6) is 0 Å². The van der Waals surface area contributed by atoms with Gasteiger partial charge in [-0.3, -0.25) is 0 Å². The molecule has 0 saturated heterocycles. The van der Waals surface area contributed by atoms with Crippen LogP contribution in [0.15, 0.2) is 4.47 Å².